The summed E-state index contributed by atoms with van der Waals surface area (Å²) in [5.41, 5.74) is 0. The molecule has 1 heterocycles. The molecule has 124 valence electrons. The van der Waals surface area contributed by atoms with Crippen LogP contribution in [0.1, 0.15) is 78.6 Å². The van der Waals surface area contributed by atoms with Crippen molar-refractivity contribution in [3.05, 3.63) is 0 Å². The summed E-state index contributed by atoms with van der Waals surface area (Å²) in [4.78, 5) is 2.69. The van der Waals surface area contributed by atoms with Gasteiger partial charge in [-0.3, -0.25) is 0 Å². The van der Waals surface area contributed by atoms with Gasteiger partial charge in [-0.15, -0.1) is 0 Å². The zero-order chi connectivity index (χ0) is 15.1. The number of rotatable bonds is 7. The molecule has 1 N–H and O–H groups in total. The van der Waals surface area contributed by atoms with E-state index in [9.17, 15) is 0 Å². The van der Waals surface area contributed by atoms with Crippen LogP contribution in [-0.4, -0.2) is 36.6 Å². The molecule has 0 aromatic heterocycles. The van der Waals surface area contributed by atoms with Crippen LogP contribution in [-0.2, 0) is 0 Å². The van der Waals surface area contributed by atoms with Crippen LogP contribution in [0.15, 0.2) is 0 Å². The Morgan fingerprint density at radius 2 is 1.71 bits per heavy atom. The van der Waals surface area contributed by atoms with Crippen LogP contribution in [0.5, 0.6) is 0 Å². The van der Waals surface area contributed by atoms with Gasteiger partial charge in [0.15, 0.2) is 0 Å². The monoisotopic (exact) mass is 294 g/mol. The van der Waals surface area contributed by atoms with Gasteiger partial charge in [-0.1, -0.05) is 33.1 Å². The number of nitrogens with zero attached hydrogens (tertiary/aromatic N) is 1. The maximum atomic E-state index is 4.04. The maximum Gasteiger partial charge on any atom is 0.00953 e. The highest BCUT2D eigenvalue weighted by atomic mass is 15.1. The van der Waals surface area contributed by atoms with Crippen molar-refractivity contribution < 1.29 is 0 Å². The van der Waals surface area contributed by atoms with Gasteiger partial charge in [0.1, 0.15) is 0 Å². The molecular weight excluding hydrogens is 256 g/mol. The lowest BCUT2D eigenvalue weighted by Crippen LogP contribution is -2.49. The van der Waals surface area contributed by atoms with E-state index in [1.165, 1.54) is 77.4 Å². The molecule has 2 heteroatoms. The summed E-state index contributed by atoms with van der Waals surface area (Å²) in [6.07, 6.45) is 12.8. The number of likely N-dealkylation sites (tertiary alicyclic amines) is 1. The molecular formula is C19H38N2. The quantitative estimate of drug-likeness (QED) is 0.746. The summed E-state index contributed by atoms with van der Waals surface area (Å²) in [7, 11) is 0. The minimum absolute atomic E-state index is 0.691. The van der Waals surface area contributed by atoms with Crippen molar-refractivity contribution in [1.29, 1.82) is 0 Å². The minimum Gasteiger partial charge on any atom is -0.311 e. The fraction of sp³-hybridized carbons (Fsp3) is 1.00. The van der Waals surface area contributed by atoms with Crippen molar-refractivity contribution in [1.82, 2.24) is 10.2 Å². The van der Waals surface area contributed by atoms with Gasteiger partial charge >= 0.3 is 0 Å². The first-order valence-corrected chi connectivity index (χ1v) is 9.73. The standard InChI is InChI=1S/C19H38N2/c1-4-13-21-14-9-12-18(15-21)16(3)20-19(5-2)17-10-7-6-8-11-17/h16-20H,4-15H2,1-3H3. The Morgan fingerprint density at radius 1 is 1.00 bits per heavy atom. The van der Waals surface area contributed by atoms with Crippen molar-refractivity contribution >= 4 is 0 Å². The molecule has 1 saturated heterocycles. The first-order chi connectivity index (χ1) is 10.2. The van der Waals surface area contributed by atoms with Crippen LogP contribution < -0.4 is 5.32 Å². The molecule has 0 amide bonds. The third kappa shape index (κ3) is 5.25. The lowest BCUT2D eigenvalue weighted by Gasteiger charge is -2.39. The summed E-state index contributed by atoms with van der Waals surface area (Å²) in [5, 5.41) is 4.04. The highest BCUT2D eigenvalue weighted by Crippen LogP contribution is 2.29. The number of hydrogen-bond acceptors (Lipinski definition) is 2. The summed E-state index contributed by atoms with van der Waals surface area (Å²) < 4.78 is 0. The van der Waals surface area contributed by atoms with E-state index in [1.54, 1.807) is 0 Å². The molecule has 0 bridgehead atoms. The second-order valence-corrected chi connectivity index (χ2v) is 7.57. The van der Waals surface area contributed by atoms with E-state index in [0.717, 1.165) is 17.9 Å². The Kier molecular flexibility index (Phi) is 7.53. The molecule has 0 spiro atoms. The molecule has 0 aromatic carbocycles. The zero-order valence-corrected chi connectivity index (χ0v) is 14.7. The fourth-order valence-corrected chi connectivity index (χ4v) is 4.62. The minimum atomic E-state index is 0.691. The van der Waals surface area contributed by atoms with Crippen molar-refractivity contribution in [2.75, 3.05) is 19.6 Å². The molecule has 0 radical (unpaired) electrons. The van der Waals surface area contributed by atoms with Crippen LogP contribution in [0.2, 0.25) is 0 Å². The molecule has 0 aromatic rings. The van der Waals surface area contributed by atoms with Crippen molar-refractivity contribution in [3.63, 3.8) is 0 Å². The second-order valence-electron chi connectivity index (χ2n) is 7.57. The Bertz CT molecular complexity index is 271. The van der Waals surface area contributed by atoms with Crippen LogP contribution in [0.4, 0.5) is 0 Å². The van der Waals surface area contributed by atoms with Crippen LogP contribution >= 0.6 is 0 Å². The highest BCUT2D eigenvalue weighted by molar-refractivity contribution is 4.85. The summed E-state index contributed by atoms with van der Waals surface area (Å²) in [5.74, 6) is 1.81. The molecule has 2 aliphatic rings. The second kappa shape index (κ2) is 9.15. The maximum absolute atomic E-state index is 4.04. The fourth-order valence-electron chi connectivity index (χ4n) is 4.62. The molecule has 3 atom stereocenters. The highest BCUT2D eigenvalue weighted by Gasteiger charge is 2.28. The largest absolute Gasteiger partial charge is 0.311 e. The smallest absolute Gasteiger partial charge is 0.00953 e. The van der Waals surface area contributed by atoms with Gasteiger partial charge in [-0.2, -0.15) is 0 Å². The average molecular weight is 295 g/mol. The van der Waals surface area contributed by atoms with Gasteiger partial charge in [0.05, 0.1) is 0 Å². The molecule has 3 unspecified atom stereocenters. The topological polar surface area (TPSA) is 15.3 Å². The molecule has 21 heavy (non-hydrogen) atoms. The SMILES string of the molecule is CCCN1CCCC(C(C)NC(CC)C2CCCCC2)C1. The van der Waals surface area contributed by atoms with E-state index in [-0.39, 0.29) is 0 Å². The third-order valence-corrected chi connectivity index (χ3v) is 5.92. The van der Waals surface area contributed by atoms with E-state index >= 15 is 0 Å². The number of nitrogens with one attached hydrogen (secondary N) is 1. The van der Waals surface area contributed by atoms with Crippen LogP contribution in [0.3, 0.4) is 0 Å². The Labute approximate surface area is 133 Å². The Hall–Kier alpha value is -0.0800. The van der Waals surface area contributed by atoms with E-state index in [0.29, 0.717) is 6.04 Å². The summed E-state index contributed by atoms with van der Waals surface area (Å²) >= 11 is 0. The van der Waals surface area contributed by atoms with Gasteiger partial charge in [-0.25, -0.2) is 0 Å². The molecule has 1 aliphatic carbocycles. The molecule has 1 aliphatic heterocycles. The van der Waals surface area contributed by atoms with E-state index in [4.69, 9.17) is 0 Å². The van der Waals surface area contributed by atoms with Crippen LogP contribution in [0, 0.1) is 11.8 Å². The first kappa shape index (κ1) is 17.3. The van der Waals surface area contributed by atoms with E-state index in [1.807, 2.05) is 0 Å². The molecule has 2 nitrogen and oxygen atoms in total. The number of hydrogen-bond donors (Lipinski definition) is 1. The first-order valence-electron chi connectivity index (χ1n) is 9.73. The van der Waals surface area contributed by atoms with E-state index in [2.05, 4.69) is 31.0 Å². The predicted molar refractivity (Wildman–Crippen MR) is 92.7 cm³/mol. The zero-order valence-electron chi connectivity index (χ0n) is 14.7. The average Bonchev–Trinajstić information content (AvgIpc) is 2.54. The van der Waals surface area contributed by atoms with Gasteiger partial charge in [0.25, 0.3) is 0 Å². The molecule has 2 rings (SSSR count). The lowest BCUT2D eigenvalue weighted by molar-refractivity contribution is 0.136. The van der Waals surface area contributed by atoms with Crippen molar-refractivity contribution in [2.45, 2.75) is 90.6 Å². The van der Waals surface area contributed by atoms with Crippen molar-refractivity contribution in [3.8, 4) is 0 Å². The van der Waals surface area contributed by atoms with Crippen LogP contribution in [0.25, 0.3) is 0 Å². The summed E-state index contributed by atoms with van der Waals surface area (Å²) in [6, 6.07) is 1.46. The molecule has 1 saturated carbocycles. The van der Waals surface area contributed by atoms with Gasteiger partial charge in [0, 0.05) is 18.6 Å². The third-order valence-electron chi connectivity index (χ3n) is 5.92. The normalized spacial score (nSPS) is 28.4. The number of piperidine rings is 1. The lowest BCUT2D eigenvalue weighted by atomic mass is 9.81. The Morgan fingerprint density at radius 3 is 2.38 bits per heavy atom. The van der Waals surface area contributed by atoms with Gasteiger partial charge in [0.2, 0.25) is 0 Å². The van der Waals surface area contributed by atoms with Gasteiger partial charge < -0.3 is 10.2 Å². The predicted octanol–water partition coefficient (Wildman–Crippen LogP) is 4.45. The van der Waals surface area contributed by atoms with E-state index < -0.39 is 0 Å². The Balaban J connectivity index is 1.81. The van der Waals surface area contributed by atoms with Crippen molar-refractivity contribution in [2.24, 2.45) is 11.8 Å². The summed E-state index contributed by atoms with van der Waals surface area (Å²) in [6.45, 7) is 11.1. The van der Waals surface area contributed by atoms with Gasteiger partial charge in [-0.05, 0) is 70.4 Å². The molecule has 2 fully saturated rings.